The summed E-state index contributed by atoms with van der Waals surface area (Å²) in [6.45, 7) is 3.81. The molecule has 0 unspecified atom stereocenters. The second-order valence-corrected chi connectivity index (χ2v) is 7.23. The normalized spacial score (nSPS) is 12.7. The molecule has 0 fully saturated rings. The Kier molecular flexibility index (Phi) is 5.05. The van der Waals surface area contributed by atoms with E-state index < -0.39 is 11.4 Å². The summed E-state index contributed by atoms with van der Waals surface area (Å²) in [5.41, 5.74) is 12.7. The molecule has 0 aliphatic rings. The van der Waals surface area contributed by atoms with Crippen molar-refractivity contribution >= 4 is 22.6 Å². The van der Waals surface area contributed by atoms with Crippen molar-refractivity contribution in [2.45, 2.75) is 31.8 Å². The number of para-hydroxylation sites is 1. The van der Waals surface area contributed by atoms with E-state index in [0.717, 1.165) is 5.56 Å². The van der Waals surface area contributed by atoms with Gasteiger partial charge in [-0.3, -0.25) is 4.79 Å². The topological polar surface area (TPSA) is 107 Å². The second-order valence-electron chi connectivity index (χ2n) is 7.23. The molecule has 0 bridgehead atoms. The lowest BCUT2D eigenvalue weighted by molar-refractivity contribution is 0.100. The summed E-state index contributed by atoms with van der Waals surface area (Å²) in [4.78, 5) is 20.2. The van der Waals surface area contributed by atoms with Crippen LogP contribution in [0.4, 0.5) is 10.2 Å². The summed E-state index contributed by atoms with van der Waals surface area (Å²) < 4.78 is 13.8. The van der Waals surface area contributed by atoms with Crippen LogP contribution in [0.3, 0.4) is 0 Å². The molecule has 0 spiro atoms. The first-order chi connectivity index (χ1) is 12.7. The van der Waals surface area contributed by atoms with Crippen LogP contribution in [0.1, 0.15) is 42.2 Å². The third-order valence-corrected chi connectivity index (χ3v) is 4.22. The summed E-state index contributed by atoms with van der Waals surface area (Å²) in [5, 5.41) is 4.00. The molecule has 1 atom stereocenters. The van der Waals surface area contributed by atoms with Crippen LogP contribution in [0, 0.1) is 5.82 Å². The number of aromatic nitrogens is 2. The van der Waals surface area contributed by atoms with Crippen molar-refractivity contribution in [3.8, 4) is 0 Å². The van der Waals surface area contributed by atoms with Crippen LogP contribution < -0.4 is 16.8 Å². The molecule has 3 aromatic rings. The summed E-state index contributed by atoms with van der Waals surface area (Å²) in [6.07, 6.45) is 1.91. The van der Waals surface area contributed by atoms with Crippen molar-refractivity contribution in [3.63, 3.8) is 0 Å². The van der Waals surface area contributed by atoms with E-state index in [1.807, 2.05) is 19.9 Å². The van der Waals surface area contributed by atoms with Gasteiger partial charge in [0.1, 0.15) is 18.0 Å². The zero-order chi connectivity index (χ0) is 19.6. The summed E-state index contributed by atoms with van der Waals surface area (Å²) in [5.74, 6) is -0.352. The lowest BCUT2D eigenvalue weighted by Crippen LogP contribution is -2.35. The first-order valence-corrected chi connectivity index (χ1v) is 8.59. The third kappa shape index (κ3) is 4.38. The molecule has 1 aromatic heterocycles. The Morgan fingerprint density at radius 1 is 1.22 bits per heavy atom. The van der Waals surface area contributed by atoms with Gasteiger partial charge in [0.2, 0.25) is 0 Å². The Balaban J connectivity index is 2.06. The molecule has 3 rings (SSSR count). The van der Waals surface area contributed by atoms with Gasteiger partial charge in [-0.1, -0.05) is 18.2 Å². The van der Waals surface area contributed by atoms with Crippen molar-refractivity contribution in [2.75, 3.05) is 5.32 Å². The number of rotatable bonds is 6. The van der Waals surface area contributed by atoms with Crippen LogP contribution in [0.25, 0.3) is 10.9 Å². The zero-order valence-corrected chi connectivity index (χ0v) is 15.2. The molecule has 0 saturated heterocycles. The highest BCUT2D eigenvalue weighted by Gasteiger charge is 2.22. The van der Waals surface area contributed by atoms with Gasteiger partial charge in [0.15, 0.2) is 0 Å². The van der Waals surface area contributed by atoms with E-state index in [1.165, 1.54) is 18.5 Å². The highest BCUT2D eigenvalue weighted by atomic mass is 19.1. The van der Waals surface area contributed by atoms with Gasteiger partial charge in [-0.05, 0) is 50.1 Å². The van der Waals surface area contributed by atoms with Gasteiger partial charge in [-0.25, -0.2) is 14.4 Å². The first kappa shape index (κ1) is 18.7. The molecule has 6 nitrogen and oxygen atoms in total. The van der Waals surface area contributed by atoms with Gasteiger partial charge in [0.25, 0.3) is 5.91 Å². The number of hydrogen-bond acceptors (Lipinski definition) is 5. The predicted molar refractivity (Wildman–Crippen MR) is 104 cm³/mol. The monoisotopic (exact) mass is 367 g/mol. The molecule has 0 aliphatic heterocycles. The van der Waals surface area contributed by atoms with Crippen LogP contribution in [0.15, 0.2) is 48.8 Å². The van der Waals surface area contributed by atoms with Crippen molar-refractivity contribution in [1.29, 1.82) is 0 Å². The molecular weight excluding hydrogens is 345 g/mol. The Morgan fingerprint density at radius 3 is 2.63 bits per heavy atom. The Morgan fingerprint density at radius 2 is 1.96 bits per heavy atom. The molecule has 0 radical (unpaired) electrons. The van der Waals surface area contributed by atoms with Crippen molar-refractivity contribution in [2.24, 2.45) is 11.5 Å². The number of carbonyl (C=O) groups is 1. The fourth-order valence-corrected chi connectivity index (χ4v) is 3.07. The fraction of sp³-hybridized carbons (Fsp3) is 0.250. The summed E-state index contributed by atoms with van der Waals surface area (Å²) in [7, 11) is 0. The third-order valence-electron chi connectivity index (χ3n) is 4.22. The molecule has 0 saturated carbocycles. The Hall–Kier alpha value is -3.06. The highest BCUT2D eigenvalue weighted by Crippen LogP contribution is 2.30. The number of nitrogens with zero attached hydrogens (tertiary/aromatic N) is 2. The highest BCUT2D eigenvalue weighted by molar-refractivity contribution is 6.06. The Bertz CT molecular complexity index is 984. The van der Waals surface area contributed by atoms with Gasteiger partial charge < -0.3 is 16.8 Å². The number of nitrogens with two attached hydrogens (primary N) is 2. The van der Waals surface area contributed by atoms with Crippen LogP contribution >= 0.6 is 0 Å². The van der Waals surface area contributed by atoms with E-state index in [0.29, 0.717) is 28.7 Å². The largest absolute Gasteiger partial charge is 0.366 e. The maximum atomic E-state index is 13.8. The number of fused-ring (bicyclic) bond motifs is 1. The molecular formula is C20H22FN5O. The number of anilines is 1. The molecule has 0 aliphatic carbocycles. The molecule has 1 heterocycles. The molecule has 27 heavy (non-hydrogen) atoms. The number of primary amides is 1. The van der Waals surface area contributed by atoms with Crippen molar-refractivity contribution < 1.29 is 9.18 Å². The number of nitrogens with one attached hydrogen (secondary N) is 1. The van der Waals surface area contributed by atoms with Gasteiger partial charge in [0.05, 0.1) is 17.1 Å². The van der Waals surface area contributed by atoms with E-state index in [2.05, 4.69) is 15.3 Å². The summed E-state index contributed by atoms with van der Waals surface area (Å²) >= 11 is 0. The SMILES string of the molecule is CC(C)(N)C[C@@H](Nc1ncnc2c(C(N)=O)cccc12)c1cccc(F)c1. The van der Waals surface area contributed by atoms with Gasteiger partial charge in [-0.2, -0.15) is 0 Å². The zero-order valence-electron chi connectivity index (χ0n) is 15.2. The van der Waals surface area contributed by atoms with Crippen molar-refractivity contribution in [1.82, 2.24) is 9.97 Å². The van der Waals surface area contributed by atoms with Gasteiger partial charge in [0, 0.05) is 10.9 Å². The lowest BCUT2D eigenvalue weighted by Gasteiger charge is -2.28. The smallest absolute Gasteiger partial charge is 0.250 e. The van der Waals surface area contributed by atoms with E-state index in [1.54, 1.807) is 24.3 Å². The van der Waals surface area contributed by atoms with Crippen LogP contribution in [0.2, 0.25) is 0 Å². The summed E-state index contributed by atoms with van der Waals surface area (Å²) in [6, 6.07) is 11.2. The van der Waals surface area contributed by atoms with Crippen molar-refractivity contribution in [3.05, 3.63) is 65.7 Å². The molecule has 5 N–H and O–H groups in total. The molecule has 1 amide bonds. The molecule has 2 aromatic carbocycles. The quantitative estimate of drug-likeness (QED) is 0.620. The number of hydrogen-bond donors (Lipinski definition) is 3. The maximum Gasteiger partial charge on any atom is 0.250 e. The molecule has 140 valence electrons. The minimum absolute atomic E-state index is 0.281. The van der Waals surface area contributed by atoms with E-state index in [-0.39, 0.29) is 11.9 Å². The van der Waals surface area contributed by atoms with E-state index in [4.69, 9.17) is 11.5 Å². The maximum absolute atomic E-state index is 13.8. The van der Waals surface area contributed by atoms with Crippen LogP contribution in [-0.2, 0) is 0 Å². The fourth-order valence-electron chi connectivity index (χ4n) is 3.07. The minimum atomic E-state index is -0.560. The first-order valence-electron chi connectivity index (χ1n) is 8.59. The van der Waals surface area contributed by atoms with Crippen LogP contribution in [-0.4, -0.2) is 21.4 Å². The minimum Gasteiger partial charge on any atom is -0.366 e. The number of halogens is 1. The van der Waals surface area contributed by atoms with E-state index >= 15 is 0 Å². The Labute approximate surface area is 156 Å². The standard InChI is InChI=1S/C20H22FN5O/c1-20(2,23)10-16(12-5-3-6-13(21)9-12)26-19-15-8-4-7-14(18(22)27)17(15)24-11-25-19/h3-9,11,16H,10,23H2,1-2H3,(H2,22,27)(H,24,25,26)/t16-/m1/s1. The second kappa shape index (κ2) is 7.28. The lowest BCUT2D eigenvalue weighted by atomic mass is 9.91. The number of amides is 1. The van der Waals surface area contributed by atoms with Gasteiger partial charge >= 0.3 is 0 Å². The predicted octanol–water partition coefficient (Wildman–Crippen LogP) is 3.15. The molecule has 7 heteroatoms. The average Bonchev–Trinajstić information content (AvgIpc) is 2.59. The number of carbonyl (C=O) groups excluding carboxylic acids is 1. The average molecular weight is 367 g/mol. The number of benzene rings is 2. The van der Waals surface area contributed by atoms with Crippen LogP contribution in [0.5, 0.6) is 0 Å². The van der Waals surface area contributed by atoms with E-state index in [9.17, 15) is 9.18 Å². The van der Waals surface area contributed by atoms with Gasteiger partial charge in [-0.15, -0.1) is 0 Å².